The van der Waals surface area contributed by atoms with Gasteiger partial charge < -0.3 is 4.90 Å². The Bertz CT molecular complexity index is 1060. The molecular weight excluding hydrogens is 424 g/mol. The highest BCUT2D eigenvalue weighted by molar-refractivity contribution is 7.91. The Balaban J connectivity index is 1.60. The lowest BCUT2D eigenvalue weighted by atomic mass is 10.0. The number of rotatable bonds is 6. The van der Waals surface area contributed by atoms with E-state index >= 15 is 0 Å². The minimum absolute atomic E-state index is 0.0994. The number of piperidine rings is 1. The smallest absolute Gasteiger partial charge is 0.244 e. The van der Waals surface area contributed by atoms with Gasteiger partial charge in [0.15, 0.2) is 9.84 Å². The van der Waals surface area contributed by atoms with Crippen molar-refractivity contribution in [1.29, 1.82) is 0 Å². The molecule has 2 aromatic rings. The average Bonchev–Trinajstić information content (AvgIpc) is 3.28. The molecule has 1 aromatic heterocycles. The van der Waals surface area contributed by atoms with Crippen LogP contribution in [0.1, 0.15) is 60.3 Å². The van der Waals surface area contributed by atoms with Gasteiger partial charge in [-0.25, -0.2) is 8.42 Å². The molecule has 0 N–H and O–H groups in total. The molecule has 8 heteroatoms. The Morgan fingerprint density at radius 3 is 2.47 bits per heavy atom. The van der Waals surface area contributed by atoms with Crippen LogP contribution in [0.3, 0.4) is 0 Å². The van der Waals surface area contributed by atoms with Crippen molar-refractivity contribution in [1.82, 2.24) is 19.6 Å². The standard InChI is InChI=1S/C24H34N4O3S/c1-18-22(19(2)28(25-18)21-12-15-32(30,31)17-21)16-26(3)23(20-10-6-4-7-11-20)24(29)27-13-8-5-9-14-27/h4,6-7,10-11,21,23H,5,8-9,12-17H2,1-3H3/t21-,23-/m1/s1. The molecule has 2 fully saturated rings. The minimum atomic E-state index is -2.98. The van der Waals surface area contributed by atoms with Crippen LogP contribution in [-0.2, 0) is 21.2 Å². The molecule has 174 valence electrons. The van der Waals surface area contributed by atoms with Crippen molar-refractivity contribution in [2.75, 3.05) is 31.6 Å². The molecule has 7 nitrogen and oxygen atoms in total. The van der Waals surface area contributed by atoms with E-state index in [0.717, 1.165) is 48.4 Å². The van der Waals surface area contributed by atoms with Gasteiger partial charge in [-0.2, -0.15) is 5.10 Å². The van der Waals surface area contributed by atoms with E-state index in [9.17, 15) is 13.2 Å². The molecular formula is C24H34N4O3S. The average molecular weight is 459 g/mol. The SMILES string of the molecule is Cc1nn([C@@H]2CCS(=O)(=O)C2)c(C)c1CN(C)[C@@H](C(=O)N1CCCCC1)c1ccccc1. The summed E-state index contributed by atoms with van der Waals surface area (Å²) in [4.78, 5) is 17.7. The molecule has 1 aromatic carbocycles. The summed E-state index contributed by atoms with van der Waals surface area (Å²) in [5.74, 6) is 0.540. The Hall–Kier alpha value is -2.19. The third-order valence-electron chi connectivity index (χ3n) is 6.89. The topological polar surface area (TPSA) is 75.5 Å². The minimum Gasteiger partial charge on any atom is -0.341 e. The molecule has 0 radical (unpaired) electrons. The van der Waals surface area contributed by atoms with Crippen LogP contribution < -0.4 is 0 Å². The molecule has 0 aliphatic carbocycles. The number of carbonyl (C=O) groups is 1. The van der Waals surface area contributed by atoms with Gasteiger partial charge in [0, 0.05) is 30.9 Å². The van der Waals surface area contributed by atoms with Crippen LogP contribution in [0, 0.1) is 13.8 Å². The molecule has 0 bridgehead atoms. The molecule has 2 aliphatic rings. The summed E-state index contributed by atoms with van der Waals surface area (Å²) in [6.07, 6.45) is 3.92. The Morgan fingerprint density at radius 1 is 1.16 bits per heavy atom. The maximum atomic E-state index is 13.6. The van der Waals surface area contributed by atoms with Crippen molar-refractivity contribution < 1.29 is 13.2 Å². The highest BCUT2D eigenvalue weighted by Crippen LogP contribution is 2.30. The molecule has 1 amide bonds. The number of aryl methyl sites for hydroxylation is 1. The van der Waals surface area contributed by atoms with E-state index in [2.05, 4.69) is 4.90 Å². The Morgan fingerprint density at radius 2 is 1.84 bits per heavy atom. The molecule has 0 spiro atoms. The maximum absolute atomic E-state index is 13.6. The largest absolute Gasteiger partial charge is 0.341 e. The van der Waals surface area contributed by atoms with Gasteiger partial charge in [-0.05, 0) is 52.1 Å². The van der Waals surface area contributed by atoms with E-state index < -0.39 is 9.84 Å². The van der Waals surface area contributed by atoms with Crippen molar-refractivity contribution in [2.45, 2.75) is 58.2 Å². The first-order valence-corrected chi connectivity index (χ1v) is 13.4. The molecule has 2 atom stereocenters. The second-order valence-electron chi connectivity index (χ2n) is 9.27. The number of sulfone groups is 1. The quantitative estimate of drug-likeness (QED) is 0.665. The van der Waals surface area contributed by atoms with Gasteiger partial charge in [0.2, 0.25) is 5.91 Å². The first-order valence-electron chi connectivity index (χ1n) is 11.6. The highest BCUT2D eigenvalue weighted by atomic mass is 32.2. The summed E-state index contributed by atoms with van der Waals surface area (Å²) >= 11 is 0. The number of likely N-dealkylation sites (N-methyl/N-ethyl adjacent to an activating group) is 1. The lowest BCUT2D eigenvalue weighted by molar-refractivity contribution is -0.138. The van der Waals surface area contributed by atoms with Crippen molar-refractivity contribution >= 4 is 15.7 Å². The highest BCUT2D eigenvalue weighted by Gasteiger charge is 2.33. The van der Waals surface area contributed by atoms with E-state index in [1.807, 2.05) is 60.8 Å². The normalized spacial score (nSPS) is 21.8. The summed E-state index contributed by atoms with van der Waals surface area (Å²) in [6.45, 7) is 6.21. The lowest BCUT2D eigenvalue weighted by Crippen LogP contribution is -2.43. The lowest BCUT2D eigenvalue weighted by Gasteiger charge is -2.35. The van der Waals surface area contributed by atoms with Crippen molar-refractivity contribution in [2.24, 2.45) is 0 Å². The molecule has 4 rings (SSSR count). The number of likely N-dealkylation sites (tertiary alicyclic amines) is 1. The summed E-state index contributed by atoms with van der Waals surface area (Å²) in [5, 5.41) is 4.71. The fourth-order valence-electron chi connectivity index (χ4n) is 5.10. The molecule has 32 heavy (non-hydrogen) atoms. The molecule has 3 heterocycles. The van der Waals surface area contributed by atoms with Gasteiger partial charge in [0.05, 0.1) is 23.2 Å². The van der Waals surface area contributed by atoms with Crippen molar-refractivity contribution in [3.63, 3.8) is 0 Å². The molecule has 2 aliphatic heterocycles. The summed E-state index contributed by atoms with van der Waals surface area (Å²) < 4.78 is 25.8. The van der Waals surface area contributed by atoms with Crippen molar-refractivity contribution in [3.05, 3.63) is 52.8 Å². The van der Waals surface area contributed by atoms with Crippen LogP contribution in [0.4, 0.5) is 0 Å². The fraction of sp³-hybridized carbons (Fsp3) is 0.583. The third kappa shape index (κ3) is 4.76. The number of hydrogen-bond acceptors (Lipinski definition) is 5. The van der Waals surface area contributed by atoms with Crippen LogP contribution in [0.2, 0.25) is 0 Å². The second kappa shape index (κ2) is 9.35. The number of aromatic nitrogens is 2. The van der Waals surface area contributed by atoms with Gasteiger partial charge in [0.1, 0.15) is 6.04 Å². The number of amides is 1. The first-order chi connectivity index (χ1) is 15.3. The summed E-state index contributed by atoms with van der Waals surface area (Å²) in [7, 11) is -0.986. The van der Waals surface area contributed by atoms with Crippen LogP contribution in [0.25, 0.3) is 0 Å². The Kier molecular flexibility index (Phi) is 6.72. The fourth-order valence-corrected chi connectivity index (χ4v) is 6.79. The predicted octanol–water partition coefficient (Wildman–Crippen LogP) is 3.05. The van der Waals surface area contributed by atoms with E-state index in [1.165, 1.54) is 6.42 Å². The van der Waals surface area contributed by atoms with Gasteiger partial charge in [0.25, 0.3) is 0 Å². The number of nitrogens with zero attached hydrogens (tertiary/aromatic N) is 4. The maximum Gasteiger partial charge on any atom is 0.244 e. The predicted molar refractivity (Wildman–Crippen MR) is 125 cm³/mol. The van der Waals surface area contributed by atoms with E-state index in [1.54, 1.807) is 0 Å². The van der Waals surface area contributed by atoms with Gasteiger partial charge >= 0.3 is 0 Å². The molecule has 0 saturated carbocycles. The van der Waals surface area contributed by atoms with Crippen LogP contribution in [0.15, 0.2) is 30.3 Å². The Labute approximate surface area is 191 Å². The molecule has 2 saturated heterocycles. The van der Waals surface area contributed by atoms with E-state index in [4.69, 9.17) is 5.10 Å². The zero-order chi connectivity index (χ0) is 22.9. The summed E-state index contributed by atoms with van der Waals surface area (Å²) in [6, 6.07) is 9.52. The van der Waals surface area contributed by atoms with E-state index in [-0.39, 0.29) is 29.5 Å². The van der Waals surface area contributed by atoms with Gasteiger partial charge in [-0.3, -0.25) is 14.4 Å². The molecule has 0 unspecified atom stereocenters. The van der Waals surface area contributed by atoms with Crippen LogP contribution in [0.5, 0.6) is 0 Å². The monoisotopic (exact) mass is 458 g/mol. The second-order valence-corrected chi connectivity index (χ2v) is 11.5. The van der Waals surface area contributed by atoms with Crippen LogP contribution >= 0.6 is 0 Å². The number of hydrogen-bond donors (Lipinski definition) is 0. The van der Waals surface area contributed by atoms with Crippen LogP contribution in [-0.4, -0.2) is 65.5 Å². The number of carbonyl (C=O) groups excluding carboxylic acids is 1. The van der Waals surface area contributed by atoms with E-state index in [0.29, 0.717) is 13.0 Å². The van der Waals surface area contributed by atoms with Gasteiger partial charge in [-0.15, -0.1) is 0 Å². The van der Waals surface area contributed by atoms with Crippen molar-refractivity contribution in [3.8, 4) is 0 Å². The number of benzene rings is 1. The zero-order valence-electron chi connectivity index (χ0n) is 19.3. The van der Waals surface area contributed by atoms with Gasteiger partial charge in [-0.1, -0.05) is 30.3 Å². The first kappa shape index (κ1) is 23.0. The summed E-state index contributed by atoms with van der Waals surface area (Å²) in [5.41, 5.74) is 3.96. The zero-order valence-corrected chi connectivity index (χ0v) is 20.1. The third-order valence-corrected chi connectivity index (χ3v) is 8.64.